The van der Waals surface area contributed by atoms with E-state index in [1.165, 1.54) is 15.3 Å². The molecular formula is C46H55F2N13O4. The number of likely N-dealkylation sites (tertiary alicyclic amines) is 1. The lowest BCUT2D eigenvalue weighted by Gasteiger charge is -2.53. The second-order valence-corrected chi connectivity index (χ2v) is 18.8. The summed E-state index contributed by atoms with van der Waals surface area (Å²) in [5.41, 5.74) is 2.22. The molecule has 1 aliphatic carbocycles. The van der Waals surface area contributed by atoms with Crippen molar-refractivity contribution in [2.75, 3.05) is 82.7 Å². The Morgan fingerprint density at radius 1 is 0.969 bits per heavy atom. The number of piperidine rings is 2. The van der Waals surface area contributed by atoms with Crippen LogP contribution in [0.4, 0.5) is 20.3 Å². The molecule has 0 bridgehead atoms. The maximum absolute atomic E-state index is 14.4. The van der Waals surface area contributed by atoms with Gasteiger partial charge in [0, 0.05) is 84.8 Å². The second-order valence-electron chi connectivity index (χ2n) is 18.8. The number of para-hydroxylation sites is 1. The van der Waals surface area contributed by atoms with Crippen LogP contribution in [0.2, 0.25) is 0 Å². The highest BCUT2D eigenvalue weighted by molar-refractivity contribution is 6.08. The average Bonchev–Trinajstić information content (AvgIpc) is 3.99. The van der Waals surface area contributed by atoms with Crippen molar-refractivity contribution in [2.24, 2.45) is 18.4 Å². The number of imidazole rings is 1. The molecule has 1 unspecified atom stereocenters. The van der Waals surface area contributed by atoms with Crippen molar-refractivity contribution in [1.82, 2.24) is 53.5 Å². The molecule has 4 aliphatic heterocycles. The molecule has 4 saturated heterocycles. The molecule has 5 fully saturated rings. The molecule has 2 N–H and O–H groups in total. The van der Waals surface area contributed by atoms with E-state index in [0.29, 0.717) is 40.1 Å². The Balaban J connectivity index is 0.711. The number of benzene rings is 1. The summed E-state index contributed by atoms with van der Waals surface area (Å²) in [7, 11) is 3.83. The number of piperazine rings is 1. The van der Waals surface area contributed by atoms with Crippen molar-refractivity contribution in [3.8, 4) is 11.8 Å². The number of hydrogen-bond donors (Lipinski definition) is 2. The highest BCUT2D eigenvalue weighted by Crippen LogP contribution is 2.40. The van der Waals surface area contributed by atoms with Crippen LogP contribution in [0, 0.1) is 23.2 Å². The van der Waals surface area contributed by atoms with Gasteiger partial charge in [-0.2, -0.15) is 10.2 Å². The molecular weight excluding hydrogens is 837 g/mol. The van der Waals surface area contributed by atoms with Crippen LogP contribution in [0.5, 0.6) is 0 Å². The van der Waals surface area contributed by atoms with Gasteiger partial charge >= 0.3 is 5.69 Å². The minimum Gasteiger partial charge on any atom is -0.356 e. The van der Waals surface area contributed by atoms with Gasteiger partial charge in [-0.1, -0.05) is 17.9 Å². The number of halogens is 2. The summed E-state index contributed by atoms with van der Waals surface area (Å²) >= 11 is 0. The third-order valence-electron chi connectivity index (χ3n) is 14.5. The van der Waals surface area contributed by atoms with Crippen molar-refractivity contribution < 1.29 is 23.2 Å². The molecule has 1 aromatic carbocycles. The lowest BCUT2D eigenvalue weighted by Crippen LogP contribution is -2.58. The van der Waals surface area contributed by atoms with Crippen LogP contribution >= 0.6 is 0 Å². The first-order chi connectivity index (χ1) is 31.4. The van der Waals surface area contributed by atoms with Crippen LogP contribution in [0.3, 0.4) is 0 Å². The number of fused-ring (bicyclic) bond motifs is 2. The summed E-state index contributed by atoms with van der Waals surface area (Å²) in [6.07, 6.45) is 8.08. The topological polar surface area (TPSA) is 163 Å². The van der Waals surface area contributed by atoms with Crippen LogP contribution in [0.15, 0.2) is 47.7 Å². The first-order valence-electron chi connectivity index (χ1n) is 22.9. The number of nitrogens with one attached hydrogen (secondary N) is 2. The average molecular weight is 892 g/mol. The van der Waals surface area contributed by atoms with Crippen LogP contribution in [-0.4, -0.2) is 138 Å². The fourth-order valence-electron chi connectivity index (χ4n) is 11.0. The van der Waals surface area contributed by atoms with Crippen LogP contribution < -0.4 is 21.2 Å². The van der Waals surface area contributed by atoms with Gasteiger partial charge in [-0.15, -0.1) is 0 Å². The fourth-order valence-corrected chi connectivity index (χ4v) is 11.0. The summed E-state index contributed by atoms with van der Waals surface area (Å²) in [5, 5.41) is 13.7. The largest absolute Gasteiger partial charge is 0.356 e. The van der Waals surface area contributed by atoms with E-state index in [1.807, 2.05) is 24.3 Å². The molecule has 1 saturated carbocycles. The van der Waals surface area contributed by atoms with E-state index in [-0.39, 0.29) is 41.7 Å². The first-order valence-corrected chi connectivity index (χ1v) is 22.9. The highest BCUT2D eigenvalue weighted by atomic mass is 19.3. The Labute approximate surface area is 374 Å². The number of alkyl halides is 2. The fraction of sp³-hybridized carbons (Fsp3) is 0.543. The Kier molecular flexibility index (Phi) is 11.5. The Morgan fingerprint density at radius 2 is 1.72 bits per heavy atom. The standard InChI is InChI=1S/C46H55F2N13O4/c1-54-28-46(29-54)15-19-58(20-16-46)37-14-18-59-42(51-37)33(25-49-59)43(63)50-34-27-60(53-39(34)41(47)48)32-10-8-30(9-11-32)26-57-23-21-56(22-24-57)17-4-6-31-5-3-7-35-40(31)55(2)45(65)61(35)36-12-13-38(62)52-44(36)64/h3,5,7,14,18,25,27,30,32,36,41H,8-13,15-17,19-24,26,28-29H2,1-2H3,(H,50,63)(H,52,62,64). The number of hydrogen-bond acceptors (Lipinski definition) is 11. The van der Waals surface area contributed by atoms with E-state index < -0.39 is 30.0 Å². The number of imide groups is 1. The maximum Gasteiger partial charge on any atom is 0.329 e. The number of aromatic nitrogens is 7. The number of aryl methyl sites for hydroxylation is 1. The number of carbonyl (C=O) groups is 3. The summed E-state index contributed by atoms with van der Waals surface area (Å²) in [4.78, 5) is 65.5. The third kappa shape index (κ3) is 8.43. The Morgan fingerprint density at radius 3 is 2.45 bits per heavy atom. The second kappa shape index (κ2) is 17.4. The van der Waals surface area contributed by atoms with E-state index in [2.05, 4.69) is 59.3 Å². The molecule has 4 aromatic heterocycles. The number of carbonyl (C=O) groups excluding carboxylic acids is 3. The minimum absolute atomic E-state index is 0.00326. The van der Waals surface area contributed by atoms with E-state index >= 15 is 0 Å². The van der Waals surface area contributed by atoms with Crippen LogP contribution in [0.1, 0.15) is 91.5 Å². The maximum atomic E-state index is 14.4. The highest BCUT2D eigenvalue weighted by Gasteiger charge is 2.43. The predicted octanol–water partition coefficient (Wildman–Crippen LogP) is 3.68. The SMILES string of the molecule is CN1CC2(CCN(c3ccn4ncc(C(=O)Nc5cn(C6CCC(CN7CCN(CC#Cc8cccc9c8n(C)c(=O)n9C8CCC(=O)NC8=O)CC7)CC6)nc5C(F)F)c4n3)CC2)C1. The van der Waals surface area contributed by atoms with Gasteiger partial charge in [-0.3, -0.25) is 38.4 Å². The lowest BCUT2D eigenvalue weighted by atomic mass is 9.72. The zero-order valence-corrected chi connectivity index (χ0v) is 36.9. The minimum atomic E-state index is -2.86. The van der Waals surface area contributed by atoms with E-state index in [0.717, 1.165) is 103 Å². The quantitative estimate of drug-likeness (QED) is 0.164. The third-order valence-corrected chi connectivity index (χ3v) is 14.5. The molecule has 5 aliphatic rings. The van der Waals surface area contributed by atoms with E-state index in [4.69, 9.17) is 4.98 Å². The molecule has 1 atom stereocenters. The van der Waals surface area contributed by atoms with Crippen molar-refractivity contribution in [3.63, 3.8) is 0 Å². The van der Waals surface area contributed by atoms with Gasteiger partial charge in [0.15, 0.2) is 11.3 Å². The van der Waals surface area contributed by atoms with Crippen molar-refractivity contribution in [2.45, 2.75) is 69.9 Å². The monoisotopic (exact) mass is 891 g/mol. The molecule has 65 heavy (non-hydrogen) atoms. The van der Waals surface area contributed by atoms with E-state index in [9.17, 15) is 28.0 Å². The summed E-state index contributed by atoms with van der Waals surface area (Å²) < 4.78 is 34.9. The van der Waals surface area contributed by atoms with Gasteiger partial charge in [0.2, 0.25) is 11.8 Å². The molecule has 5 aromatic rings. The van der Waals surface area contributed by atoms with E-state index in [1.54, 1.807) is 28.6 Å². The molecule has 19 heteroatoms. The Bertz CT molecular complexity index is 2750. The lowest BCUT2D eigenvalue weighted by molar-refractivity contribution is -0.135. The molecule has 1 spiro atoms. The number of anilines is 2. The molecule has 3 amide bonds. The van der Waals surface area contributed by atoms with Crippen molar-refractivity contribution in [1.29, 1.82) is 0 Å². The molecule has 17 nitrogen and oxygen atoms in total. The van der Waals surface area contributed by atoms with Gasteiger partial charge < -0.3 is 20.0 Å². The normalized spacial score (nSPS) is 23.2. The van der Waals surface area contributed by atoms with Gasteiger partial charge in [-0.25, -0.2) is 23.1 Å². The summed E-state index contributed by atoms with van der Waals surface area (Å²) in [6, 6.07) is 6.64. The molecule has 0 radical (unpaired) electrons. The smallest absolute Gasteiger partial charge is 0.329 e. The van der Waals surface area contributed by atoms with Crippen molar-refractivity contribution >= 4 is 45.9 Å². The van der Waals surface area contributed by atoms with Gasteiger partial charge in [-0.05, 0) is 81.5 Å². The first kappa shape index (κ1) is 43.0. The summed E-state index contributed by atoms with van der Waals surface area (Å²) in [6.45, 7) is 9.17. The van der Waals surface area contributed by atoms with Gasteiger partial charge in [0.25, 0.3) is 12.3 Å². The molecule has 8 heterocycles. The zero-order valence-electron chi connectivity index (χ0n) is 36.9. The van der Waals surface area contributed by atoms with Crippen molar-refractivity contribution in [3.05, 3.63) is 70.2 Å². The molecule has 10 rings (SSSR count). The number of amides is 3. The summed E-state index contributed by atoms with van der Waals surface area (Å²) in [5.74, 6) is 6.50. The van der Waals surface area contributed by atoms with Crippen LogP contribution in [-0.2, 0) is 16.6 Å². The van der Waals surface area contributed by atoms with Crippen LogP contribution in [0.25, 0.3) is 16.7 Å². The number of rotatable bonds is 9. The zero-order chi connectivity index (χ0) is 45.0. The van der Waals surface area contributed by atoms with Gasteiger partial charge in [0.05, 0.1) is 41.1 Å². The van der Waals surface area contributed by atoms with Gasteiger partial charge in [0.1, 0.15) is 17.4 Å². The molecule has 342 valence electrons. The predicted molar refractivity (Wildman–Crippen MR) is 239 cm³/mol. The number of nitrogens with zero attached hydrogens (tertiary/aromatic N) is 11. The Hall–Kier alpha value is -5.97.